The van der Waals surface area contributed by atoms with Crippen molar-refractivity contribution in [2.75, 3.05) is 7.11 Å². The smallest absolute Gasteiger partial charge is 0.0578 e. The molecule has 1 aliphatic carbocycles. The number of pyridine rings is 1. The van der Waals surface area contributed by atoms with Crippen LogP contribution in [0.15, 0.2) is 24.5 Å². The van der Waals surface area contributed by atoms with Crippen molar-refractivity contribution in [3.05, 3.63) is 30.1 Å². The minimum absolute atomic E-state index is 0.120. The van der Waals surface area contributed by atoms with E-state index >= 15 is 0 Å². The van der Waals surface area contributed by atoms with E-state index in [0.29, 0.717) is 12.0 Å². The van der Waals surface area contributed by atoms with Gasteiger partial charge in [-0.1, -0.05) is 6.07 Å². The molecule has 1 atom stereocenters. The van der Waals surface area contributed by atoms with E-state index < -0.39 is 0 Å². The van der Waals surface area contributed by atoms with E-state index in [1.165, 1.54) is 0 Å². The lowest BCUT2D eigenvalue weighted by Gasteiger charge is -2.38. The molecule has 1 fully saturated rings. The molecule has 1 aromatic rings. The Balaban J connectivity index is 1.94. The third-order valence-corrected chi connectivity index (χ3v) is 3.04. The summed E-state index contributed by atoms with van der Waals surface area (Å²) in [6.07, 6.45) is 6.20. The number of rotatable bonds is 3. The SMILES string of the molecule is COC1CC(C(N)c2cccnc2)C1. The highest BCUT2D eigenvalue weighted by atomic mass is 16.5. The summed E-state index contributed by atoms with van der Waals surface area (Å²) in [6.45, 7) is 0. The van der Waals surface area contributed by atoms with Crippen LogP contribution in [-0.4, -0.2) is 18.2 Å². The van der Waals surface area contributed by atoms with Crippen molar-refractivity contribution >= 4 is 0 Å². The van der Waals surface area contributed by atoms with E-state index in [9.17, 15) is 0 Å². The third kappa shape index (κ3) is 1.79. The monoisotopic (exact) mass is 192 g/mol. The predicted molar refractivity (Wildman–Crippen MR) is 54.7 cm³/mol. The molecule has 3 heteroatoms. The van der Waals surface area contributed by atoms with E-state index in [2.05, 4.69) is 4.98 Å². The van der Waals surface area contributed by atoms with Crippen molar-refractivity contribution in [2.45, 2.75) is 25.0 Å². The van der Waals surface area contributed by atoms with Gasteiger partial charge in [-0.05, 0) is 30.4 Å². The zero-order valence-electron chi connectivity index (χ0n) is 8.39. The predicted octanol–water partition coefficient (Wildman–Crippen LogP) is 1.51. The number of methoxy groups -OCH3 is 1. The summed E-state index contributed by atoms with van der Waals surface area (Å²) in [5.74, 6) is 0.559. The summed E-state index contributed by atoms with van der Waals surface area (Å²) in [6, 6.07) is 4.09. The van der Waals surface area contributed by atoms with E-state index in [4.69, 9.17) is 10.5 Å². The fraction of sp³-hybridized carbons (Fsp3) is 0.545. The number of nitrogens with zero attached hydrogens (tertiary/aromatic N) is 1. The normalized spacial score (nSPS) is 28.1. The van der Waals surface area contributed by atoms with Crippen LogP contribution in [-0.2, 0) is 4.74 Å². The zero-order valence-corrected chi connectivity index (χ0v) is 8.39. The lowest BCUT2D eigenvalue weighted by molar-refractivity contribution is -0.00781. The second kappa shape index (κ2) is 4.07. The zero-order chi connectivity index (χ0) is 9.97. The molecule has 0 spiro atoms. The molecule has 1 unspecified atom stereocenters. The van der Waals surface area contributed by atoms with Crippen molar-refractivity contribution in [2.24, 2.45) is 11.7 Å². The van der Waals surface area contributed by atoms with Crippen LogP contribution in [0.1, 0.15) is 24.4 Å². The first-order chi connectivity index (χ1) is 6.81. The van der Waals surface area contributed by atoms with Gasteiger partial charge in [-0.2, -0.15) is 0 Å². The average Bonchev–Trinajstić information content (AvgIpc) is 2.17. The van der Waals surface area contributed by atoms with Crippen LogP contribution in [0.2, 0.25) is 0 Å². The first-order valence-corrected chi connectivity index (χ1v) is 4.99. The molecule has 0 aromatic carbocycles. The van der Waals surface area contributed by atoms with E-state index in [1.807, 2.05) is 18.3 Å². The van der Waals surface area contributed by atoms with Gasteiger partial charge in [-0.25, -0.2) is 0 Å². The lowest BCUT2D eigenvalue weighted by atomic mass is 9.75. The van der Waals surface area contributed by atoms with Crippen LogP contribution in [0.3, 0.4) is 0 Å². The number of nitrogens with two attached hydrogens (primary N) is 1. The first kappa shape index (κ1) is 9.62. The number of hydrogen-bond acceptors (Lipinski definition) is 3. The topological polar surface area (TPSA) is 48.1 Å². The minimum Gasteiger partial charge on any atom is -0.381 e. The number of aromatic nitrogens is 1. The lowest BCUT2D eigenvalue weighted by Crippen LogP contribution is -2.37. The summed E-state index contributed by atoms with van der Waals surface area (Å²) in [7, 11) is 1.76. The Hall–Kier alpha value is -0.930. The Morgan fingerprint density at radius 3 is 2.93 bits per heavy atom. The van der Waals surface area contributed by atoms with Crippen LogP contribution in [0.4, 0.5) is 0 Å². The van der Waals surface area contributed by atoms with Crippen LogP contribution in [0, 0.1) is 5.92 Å². The largest absolute Gasteiger partial charge is 0.381 e. The maximum Gasteiger partial charge on any atom is 0.0578 e. The van der Waals surface area contributed by atoms with Gasteiger partial charge in [-0.3, -0.25) is 4.98 Å². The Kier molecular flexibility index (Phi) is 2.79. The molecule has 76 valence electrons. The first-order valence-electron chi connectivity index (χ1n) is 4.99. The summed E-state index contributed by atoms with van der Waals surface area (Å²) >= 11 is 0. The van der Waals surface area contributed by atoms with Gasteiger partial charge >= 0.3 is 0 Å². The second-order valence-electron chi connectivity index (χ2n) is 3.90. The van der Waals surface area contributed by atoms with Gasteiger partial charge < -0.3 is 10.5 Å². The van der Waals surface area contributed by atoms with Crippen molar-refractivity contribution < 1.29 is 4.74 Å². The molecule has 0 radical (unpaired) electrons. The van der Waals surface area contributed by atoms with Crippen LogP contribution < -0.4 is 5.73 Å². The van der Waals surface area contributed by atoms with Gasteiger partial charge in [0.2, 0.25) is 0 Å². The van der Waals surface area contributed by atoms with E-state index in [0.717, 1.165) is 18.4 Å². The highest BCUT2D eigenvalue weighted by Gasteiger charge is 2.33. The fourth-order valence-electron chi connectivity index (χ4n) is 1.94. The van der Waals surface area contributed by atoms with E-state index in [-0.39, 0.29) is 6.04 Å². The molecule has 0 amide bonds. The number of ether oxygens (including phenoxy) is 1. The van der Waals surface area contributed by atoms with Gasteiger partial charge in [0, 0.05) is 25.5 Å². The summed E-state index contributed by atoms with van der Waals surface area (Å²) < 4.78 is 5.23. The van der Waals surface area contributed by atoms with Gasteiger partial charge in [0.25, 0.3) is 0 Å². The molecule has 3 nitrogen and oxygen atoms in total. The standard InChI is InChI=1S/C11H16N2O/c1-14-10-5-9(6-10)11(12)8-3-2-4-13-7-8/h2-4,7,9-11H,5-6,12H2,1H3. The Morgan fingerprint density at radius 2 is 2.36 bits per heavy atom. The van der Waals surface area contributed by atoms with E-state index in [1.54, 1.807) is 13.3 Å². The van der Waals surface area contributed by atoms with Gasteiger partial charge in [0.1, 0.15) is 0 Å². The molecular weight excluding hydrogens is 176 g/mol. The van der Waals surface area contributed by atoms with Crippen LogP contribution in [0.25, 0.3) is 0 Å². The van der Waals surface area contributed by atoms with Crippen molar-refractivity contribution in [3.63, 3.8) is 0 Å². The maximum atomic E-state index is 6.12. The number of hydrogen-bond donors (Lipinski definition) is 1. The van der Waals surface area contributed by atoms with Gasteiger partial charge in [-0.15, -0.1) is 0 Å². The summed E-state index contributed by atoms with van der Waals surface area (Å²) in [5.41, 5.74) is 7.25. The quantitative estimate of drug-likeness (QED) is 0.789. The molecule has 2 rings (SSSR count). The molecular formula is C11H16N2O. The minimum atomic E-state index is 0.120. The highest BCUT2D eigenvalue weighted by molar-refractivity contribution is 5.15. The fourth-order valence-corrected chi connectivity index (χ4v) is 1.94. The van der Waals surface area contributed by atoms with Crippen LogP contribution in [0.5, 0.6) is 0 Å². The Morgan fingerprint density at radius 1 is 1.57 bits per heavy atom. The highest BCUT2D eigenvalue weighted by Crippen LogP contribution is 2.37. The molecule has 1 saturated carbocycles. The molecule has 1 aromatic heterocycles. The molecule has 0 bridgehead atoms. The molecule has 0 saturated heterocycles. The molecule has 1 aliphatic rings. The molecule has 0 aliphatic heterocycles. The second-order valence-corrected chi connectivity index (χ2v) is 3.90. The molecule has 14 heavy (non-hydrogen) atoms. The molecule has 1 heterocycles. The van der Waals surface area contributed by atoms with Crippen molar-refractivity contribution in [1.82, 2.24) is 4.98 Å². The van der Waals surface area contributed by atoms with Gasteiger partial charge in [0.05, 0.1) is 6.10 Å². The maximum absolute atomic E-state index is 6.12. The summed E-state index contributed by atoms with van der Waals surface area (Å²) in [4.78, 5) is 4.07. The third-order valence-electron chi connectivity index (χ3n) is 3.04. The van der Waals surface area contributed by atoms with Gasteiger partial charge in [0.15, 0.2) is 0 Å². The molecule has 2 N–H and O–H groups in total. The van der Waals surface area contributed by atoms with Crippen molar-refractivity contribution in [1.29, 1.82) is 0 Å². The summed E-state index contributed by atoms with van der Waals surface area (Å²) in [5, 5.41) is 0. The average molecular weight is 192 g/mol. The Labute approximate surface area is 84.3 Å². The Bertz CT molecular complexity index is 283. The van der Waals surface area contributed by atoms with Crippen molar-refractivity contribution in [3.8, 4) is 0 Å². The van der Waals surface area contributed by atoms with Crippen LogP contribution >= 0.6 is 0 Å².